The summed E-state index contributed by atoms with van der Waals surface area (Å²) in [6, 6.07) is 2.30. The predicted octanol–water partition coefficient (Wildman–Crippen LogP) is 5.04. The van der Waals surface area contributed by atoms with E-state index in [-0.39, 0.29) is 30.3 Å². The van der Waals surface area contributed by atoms with Gasteiger partial charge in [0.05, 0.1) is 24.4 Å². The number of nitrogens with one attached hydrogen (secondary N) is 3. The first kappa shape index (κ1) is 30.0. The number of anilines is 1. The summed E-state index contributed by atoms with van der Waals surface area (Å²) in [5.74, 6) is -2.21. The average Bonchev–Trinajstić information content (AvgIpc) is 3.22. The second kappa shape index (κ2) is 13.7. The Morgan fingerprint density at radius 3 is 2.31 bits per heavy atom. The highest BCUT2D eigenvalue weighted by Gasteiger charge is 2.40. The lowest BCUT2D eigenvalue weighted by Crippen LogP contribution is -2.42. The van der Waals surface area contributed by atoms with Crippen LogP contribution < -0.4 is 16.1 Å². The van der Waals surface area contributed by atoms with Crippen LogP contribution in [0.25, 0.3) is 0 Å². The van der Waals surface area contributed by atoms with Crippen LogP contribution in [0.1, 0.15) is 34.6 Å². The van der Waals surface area contributed by atoms with Crippen molar-refractivity contribution in [3.8, 4) is 0 Å². The van der Waals surface area contributed by atoms with E-state index in [0.29, 0.717) is 0 Å². The molecule has 0 fully saturated rings. The van der Waals surface area contributed by atoms with Crippen molar-refractivity contribution in [3.63, 3.8) is 0 Å². The summed E-state index contributed by atoms with van der Waals surface area (Å²) >= 11 is 0. The van der Waals surface area contributed by atoms with Gasteiger partial charge < -0.3 is 20.4 Å². The molecule has 0 spiro atoms. The molecule has 11 heteroatoms. The molecule has 0 bridgehead atoms. The molecular formula is C24H33F5N4O2. The SMILES string of the molecule is CC.CC.CCOC1=CC(C(F)(F)F)=C(C2=CC(C(=O)CNc3c(F)cccc3F)NN2C)CN1. The van der Waals surface area contributed by atoms with E-state index in [4.69, 9.17) is 4.74 Å². The van der Waals surface area contributed by atoms with Crippen LogP contribution in [-0.4, -0.2) is 49.8 Å². The van der Waals surface area contributed by atoms with Crippen molar-refractivity contribution in [3.05, 3.63) is 64.7 Å². The molecule has 2 aliphatic heterocycles. The van der Waals surface area contributed by atoms with E-state index < -0.39 is 47.4 Å². The molecule has 1 aromatic carbocycles. The molecule has 0 aromatic heterocycles. The zero-order valence-corrected chi connectivity index (χ0v) is 20.7. The minimum atomic E-state index is -4.63. The number of benzene rings is 1. The summed E-state index contributed by atoms with van der Waals surface area (Å²) in [5.41, 5.74) is 1.54. The molecule has 0 saturated heterocycles. The van der Waals surface area contributed by atoms with Gasteiger partial charge in [0.1, 0.15) is 23.4 Å². The molecule has 1 aromatic rings. The normalized spacial score (nSPS) is 17.2. The van der Waals surface area contributed by atoms with Gasteiger partial charge in [-0.05, 0) is 25.1 Å². The van der Waals surface area contributed by atoms with Crippen molar-refractivity contribution in [2.45, 2.75) is 46.8 Å². The lowest BCUT2D eigenvalue weighted by atomic mass is 10.00. The van der Waals surface area contributed by atoms with E-state index in [1.54, 1.807) is 6.92 Å². The number of halogens is 5. The quantitative estimate of drug-likeness (QED) is 0.452. The van der Waals surface area contributed by atoms with E-state index >= 15 is 0 Å². The third-order valence-electron chi connectivity index (χ3n) is 4.72. The van der Waals surface area contributed by atoms with Gasteiger partial charge in [-0.25, -0.2) is 14.2 Å². The van der Waals surface area contributed by atoms with Crippen LogP contribution in [0.5, 0.6) is 0 Å². The molecule has 3 N–H and O–H groups in total. The first-order valence-electron chi connectivity index (χ1n) is 11.4. The molecular weight excluding hydrogens is 471 g/mol. The number of hydrogen-bond acceptors (Lipinski definition) is 6. The molecule has 0 aliphatic carbocycles. The van der Waals surface area contributed by atoms with Crippen molar-refractivity contribution >= 4 is 11.5 Å². The Morgan fingerprint density at radius 2 is 1.77 bits per heavy atom. The number of rotatable bonds is 7. The topological polar surface area (TPSA) is 65.6 Å². The Balaban J connectivity index is 0.00000145. The number of hydrazine groups is 1. The number of allylic oxidation sites excluding steroid dienone is 2. The first-order chi connectivity index (χ1) is 16.6. The standard InChI is InChI=1S/C20H21F5N4O2.2C2H6/c1-3-31-18-7-12(20(23,24)25)11(9-26-18)16-8-15(28-29(16)2)17(30)10-27-19-13(21)5-4-6-14(19)22;2*1-2/h4-8,15,26-28H,3,9-10H2,1-2H3;2*1-2H3. The van der Waals surface area contributed by atoms with Crippen LogP contribution in [0.4, 0.5) is 27.6 Å². The van der Waals surface area contributed by atoms with E-state index in [1.807, 2.05) is 27.7 Å². The fraction of sp³-hybridized carbons (Fsp3) is 0.458. The highest BCUT2D eigenvalue weighted by Crippen LogP contribution is 2.36. The maximum Gasteiger partial charge on any atom is 0.417 e. The van der Waals surface area contributed by atoms with E-state index in [0.717, 1.165) is 18.2 Å². The molecule has 0 radical (unpaired) electrons. The zero-order valence-electron chi connectivity index (χ0n) is 20.7. The fourth-order valence-corrected chi connectivity index (χ4v) is 3.27. The first-order valence-corrected chi connectivity index (χ1v) is 11.4. The second-order valence-electron chi connectivity index (χ2n) is 6.82. The zero-order chi connectivity index (χ0) is 26.8. The number of likely N-dealkylation sites (N-methyl/N-ethyl adjacent to an activating group) is 1. The summed E-state index contributed by atoms with van der Waals surface area (Å²) in [4.78, 5) is 12.5. The summed E-state index contributed by atoms with van der Waals surface area (Å²) in [6.45, 7) is 9.28. The number of dihydropyridines is 1. The Bertz CT molecular complexity index is 937. The summed E-state index contributed by atoms with van der Waals surface area (Å²) in [6.07, 6.45) is -2.40. The molecule has 3 rings (SSSR count). The number of Topliss-reactive ketones (excluding diaryl/α,β-unsaturated/α-hetero) is 1. The van der Waals surface area contributed by atoms with Crippen LogP contribution in [0.3, 0.4) is 0 Å². The van der Waals surface area contributed by atoms with Crippen LogP contribution in [-0.2, 0) is 9.53 Å². The molecule has 1 atom stereocenters. The van der Waals surface area contributed by atoms with Crippen molar-refractivity contribution < 1.29 is 31.5 Å². The highest BCUT2D eigenvalue weighted by molar-refractivity contribution is 5.90. The average molecular weight is 505 g/mol. The number of para-hydroxylation sites is 1. The molecule has 1 unspecified atom stereocenters. The van der Waals surface area contributed by atoms with Gasteiger partial charge in [-0.1, -0.05) is 33.8 Å². The van der Waals surface area contributed by atoms with Crippen molar-refractivity contribution in [2.75, 3.05) is 32.1 Å². The molecule has 6 nitrogen and oxygen atoms in total. The lowest BCUT2D eigenvalue weighted by molar-refractivity contribution is -0.118. The molecule has 196 valence electrons. The van der Waals surface area contributed by atoms with E-state index in [9.17, 15) is 26.7 Å². The van der Waals surface area contributed by atoms with E-state index in [2.05, 4.69) is 16.1 Å². The number of carbonyl (C=O) groups excluding carboxylic acids is 1. The fourth-order valence-electron chi connectivity index (χ4n) is 3.27. The van der Waals surface area contributed by atoms with Crippen LogP contribution in [0.15, 0.2) is 53.1 Å². The summed E-state index contributed by atoms with van der Waals surface area (Å²) < 4.78 is 73.4. The Morgan fingerprint density at radius 1 is 1.17 bits per heavy atom. The molecule has 2 aliphatic rings. The molecule has 0 saturated carbocycles. The second-order valence-corrected chi connectivity index (χ2v) is 6.82. The van der Waals surface area contributed by atoms with Gasteiger partial charge in [-0.3, -0.25) is 4.79 Å². The maximum absolute atomic E-state index is 13.7. The van der Waals surface area contributed by atoms with Crippen LogP contribution in [0, 0.1) is 11.6 Å². The number of carbonyl (C=O) groups is 1. The van der Waals surface area contributed by atoms with Gasteiger partial charge in [0.15, 0.2) is 11.7 Å². The number of hydrogen-bond donors (Lipinski definition) is 3. The molecule has 2 heterocycles. The lowest BCUT2D eigenvalue weighted by Gasteiger charge is -2.27. The van der Waals surface area contributed by atoms with Crippen molar-refractivity contribution in [1.82, 2.24) is 15.8 Å². The Labute approximate surface area is 202 Å². The van der Waals surface area contributed by atoms with Crippen molar-refractivity contribution in [1.29, 1.82) is 0 Å². The van der Waals surface area contributed by atoms with Crippen LogP contribution >= 0.6 is 0 Å². The van der Waals surface area contributed by atoms with Gasteiger partial charge in [0.25, 0.3) is 0 Å². The third kappa shape index (κ3) is 7.71. The highest BCUT2D eigenvalue weighted by atomic mass is 19.4. The van der Waals surface area contributed by atoms with Gasteiger partial charge in [0.2, 0.25) is 0 Å². The van der Waals surface area contributed by atoms with E-state index in [1.165, 1.54) is 24.2 Å². The Kier molecular flexibility index (Phi) is 11.7. The minimum absolute atomic E-state index is 0.0107. The van der Waals surface area contributed by atoms with Gasteiger partial charge >= 0.3 is 6.18 Å². The number of ketones is 1. The van der Waals surface area contributed by atoms with Crippen molar-refractivity contribution in [2.24, 2.45) is 0 Å². The largest absolute Gasteiger partial charge is 0.479 e. The number of ether oxygens (including phenoxy) is 1. The minimum Gasteiger partial charge on any atom is -0.479 e. The monoisotopic (exact) mass is 504 g/mol. The van der Waals surface area contributed by atoms with Gasteiger partial charge in [0, 0.05) is 25.2 Å². The van der Waals surface area contributed by atoms with Gasteiger partial charge in [-0.15, -0.1) is 0 Å². The van der Waals surface area contributed by atoms with Crippen LogP contribution in [0.2, 0.25) is 0 Å². The predicted molar refractivity (Wildman–Crippen MR) is 126 cm³/mol. The van der Waals surface area contributed by atoms with Gasteiger partial charge in [-0.2, -0.15) is 13.2 Å². The summed E-state index contributed by atoms with van der Waals surface area (Å²) in [7, 11) is 1.48. The summed E-state index contributed by atoms with van der Waals surface area (Å²) in [5, 5.41) is 6.49. The maximum atomic E-state index is 13.7. The smallest absolute Gasteiger partial charge is 0.417 e. The number of alkyl halides is 3. The third-order valence-corrected chi connectivity index (χ3v) is 4.72. The number of nitrogens with zero attached hydrogens (tertiary/aromatic N) is 1. The molecule has 35 heavy (non-hydrogen) atoms. The molecule has 0 amide bonds. The Hall–Kier alpha value is -3.08.